The molecule has 2 aromatic rings. The molecule has 0 saturated heterocycles. The highest BCUT2D eigenvalue weighted by molar-refractivity contribution is 5.89. The summed E-state index contributed by atoms with van der Waals surface area (Å²) in [6.45, 7) is 1.57. The summed E-state index contributed by atoms with van der Waals surface area (Å²) in [5, 5.41) is 11.6. The Kier molecular flexibility index (Phi) is 4.09. The minimum absolute atomic E-state index is 0.0435. The lowest BCUT2D eigenvalue weighted by Crippen LogP contribution is -2.24. The maximum Gasteiger partial charge on any atom is 0.339 e. The van der Waals surface area contributed by atoms with Gasteiger partial charge in [-0.25, -0.2) is 13.6 Å². The summed E-state index contributed by atoms with van der Waals surface area (Å²) in [6, 6.07) is 5.29. The Morgan fingerprint density at radius 1 is 1.38 bits per heavy atom. The number of furan rings is 1. The van der Waals surface area contributed by atoms with Crippen LogP contribution in [0, 0.1) is 24.5 Å². The van der Waals surface area contributed by atoms with Gasteiger partial charge in [-0.3, -0.25) is 4.79 Å². The van der Waals surface area contributed by atoms with Crippen LogP contribution in [0.2, 0.25) is 0 Å². The third-order valence-electron chi connectivity index (χ3n) is 4.14. The van der Waals surface area contributed by atoms with Gasteiger partial charge in [-0.15, -0.1) is 0 Å². The molecule has 0 bridgehead atoms. The quantitative estimate of drug-likeness (QED) is 0.880. The first-order chi connectivity index (χ1) is 11.4. The Bertz CT molecular complexity index is 815. The summed E-state index contributed by atoms with van der Waals surface area (Å²) in [5.74, 6) is -3.40. The molecular formula is C17H15F2NO4. The predicted octanol–water partition coefficient (Wildman–Crippen LogP) is 2.98. The summed E-state index contributed by atoms with van der Waals surface area (Å²) in [4.78, 5) is 23.0. The number of benzene rings is 1. The number of amides is 1. The lowest BCUT2D eigenvalue weighted by molar-refractivity contribution is -0.122. The zero-order chi connectivity index (χ0) is 17.4. The highest BCUT2D eigenvalue weighted by Gasteiger charge is 2.45. The molecule has 5 nitrogen and oxygen atoms in total. The van der Waals surface area contributed by atoms with Crippen LogP contribution < -0.4 is 5.32 Å². The molecular weight excluding hydrogens is 320 g/mol. The number of hydrogen-bond acceptors (Lipinski definition) is 3. The lowest BCUT2D eigenvalue weighted by Gasteiger charge is -2.04. The molecule has 0 aliphatic heterocycles. The van der Waals surface area contributed by atoms with Crippen LogP contribution in [0.25, 0.3) is 0 Å². The Labute approximate surface area is 136 Å². The SMILES string of the molecule is Cc1oc(CNC(=O)C2CC2c2cccc(F)c2F)cc1C(=O)O. The van der Waals surface area contributed by atoms with Crippen molar-refractivity contribution in [2.75, 3.05) is 0 Å². The molecule has 126 valence electrons. The molecule has 2 N–H and O–H groups in total. The van der Waals surface area contributed by atoms with Crippen molar-refractivity contribution in [3.63, 3.8) is 0 Å². The van der Waals surface area contributed by atoms with Gasteiger partial charge >= 0.3 is 5.97 Å². The Morgan fingerprint density at radius 3 is 2.79 bits per heavy atom. The molecule has 3 rings (SSSR count). The second-order valence-corrected chi connectivity index (χ2v) is 5.80. The van der Waals surface area contributed by atoms with Gasteiger partial charge in [0, 0.05) is 5.92 Å². The molecule has 7 heteroatoms. The summed E-state index contributed by atoms with van der Waals surface area (Å²) in [6.07, 6.45) is 0.448. The maximum atomic E-state index is 13.7. The molecule has 1 aliphatic rings. The molecule has 1 amide bonds. The minimum atomic E-state index is -1.10. The van der Waals surface area contributed by atoms with Gasteiger partial charge in [0.2, 0.25) is 5.91 Å². The van der Waals surface area contributed by atoms with E-state index < -0.39 is 23.5 Å². The zero-order valence-electron chi connectivity index (χ0n) is 12.8. The highest BCUT2D eigenvalue weighted by atomic mass is 19.2. The average Bonchev–Trinajstić information content (AvgIpc) is 3.23. The van der Waals surface area contributed by atoms with Crippen molar-refractivity contribution in [2.45, 2.75) is 25.8 Å². The Morgan fingerprint density at radius 2 is 2.12 bits per heavy atom. The summed E-state index contributed by atoms with van der Waals surface area (Å²) < 4.78 is 32.2. The van der Waals surface area contributed by atoms with E-state index in [0.29, 0.717) is 12.2 Å². The van der Waals surface area contributed by atoms with Crippen LogP contribution in [-0.2, 0) is 11.3 Å². The van der Waals surface area contributed by atoms with Crippen molar-refractivity contribution in [1.29, 1.82) is 0 Å². The number of halogens is 2. The van der Waals surface area contributed by atoms with Crippen molar-refractivity contribution in [3.05, 3.63) is 58.5 Å². The van der Waals surface area contributed by atoms with Crippen LogP contribution >= 0.6 is 0 Å². The van der Waals surface area contributed by atoms with E-state index in [1.165, 1.54) is 25.1 Å². The fourth-order valence-electron chi connectivity index (χ4n) is 2.78. The van der Waals surface area contributed by atoms with Crippen LogP contribution in [0.1, 0.15) is 39.8 Å². The number of carboxylic acids is 1. The fourth-order valence-corrected chi connectivity index (χ4v) is 2.78. The highest BCUT2D eigenvalue weighted by Crippen LogP contribution is 2.48. The van der Waals surface area contributed by atoms with Crippen molar-refractivity contribution in [2.24, 2.45) is 5.92 Å². The molecule has 1 aromatic heterocycles. The van der Waals surface area contributed by atoms with Crippen molar-refractivity contribution >= 4 is 11.9 Å². The Hall–Kier alpha value is -2.70. The molecule has 1 saturated carbocycles. The van der Waals surface area contributed by atoms with E-state index >= 15 is 0 Å². The van der Waals surface area contributed by atoms with Gasteiger partial charge in [-0.1, -0.05) is 12.1 Å². The van der Waals surface area contributed by atoms with E-state index in [2.05, 4.69) is 5.32 Å². The van der Waals surface area contributed by atoms with Gasteiger partial charge in [0.25, 0.3) is 0 Å². The minimum Gasteiger partial charge on any atom is -0.478 e. The number of carbonyl (C=O) groups excluding carboxylic acids is 1. The third-order valence-corrected chi connectivity index (χ3v) is 4.14. The first-order valence-corrected chi connectivity index (χ1v) is 7.42. The molecule has 1 aromatic carbocycles. The van der Waals surface area contributed by atoms with E-state index in [1.54, 1.807) is 0 Å². The zero-order valence-corrected chi connectivity index (χ0v) is 12.8. The molecule has 0 radical (unpaired) electrons. The Balaban J connectivity index is 1.60. The van der Waals surface area contributed by atoms with Gasteiger partial charge < -0.3 is 14.8 Å². The van der Waals surface area contributed by atoms with E-state index in [0.717, 1.165) is 6.07 Å². The number of nitrogens with one attached hydrogen (secondary N) is 1. The summed E-state index contributed by atoms with van der Waals surface area (Å²) >= 11 is 0. The topological polar surface area (TPSA) is 79.5 Å². The maximum absolute atomic E-state index is 13.7. The number of carbonyl (C=O) groups is 2. The van der Waals surface area contributed by atoms with Gasteiger partial charge in [-0.05, 0) is 37.0 Å². The molecule has 1 aliphatic carbocycles. The van der Waals surface area contributed by atoms with Crippen molar-refractivity contribution < 1.29 is 27.9 Å². The average molecular weight is 335 g/mol. The number of aromatic carboxylic acids is 1. The number of carboxylic acid groups (broad SMARTS) is 1. The smallest absolute Gasteiger partial charge is 0.339 e. The van der Waals surface area contributed by atoms with Crippen LogP contribution in [-0.4, -0.2) is 17.0 Å². The normalized spacial score (nSPS) is 19.1. The molecule has 0 spiro atoms. The van der Waals surface area contributed by atoms with Crippen LogP contribution in [0.4, 0.5) is 8.78 Å². The molecule has 2 unspecified atom stereocenters. The van der Waals surface area contributed by atoms with Gasteiger partial charge in [0.1, 0.15) is 17.1 Å². The fraction of sp³-hybridized carbons (Fsp3) is 0.294. The third kappa shape index (κ3) is 3.02. The number of hydrogen-bond donors (Lipinski definition) is 2. The van der Waals surface area contributed by atoms with Crippen LogP contribution in [0.15, 0.2) is 28.7 Å². The van der Waals surface area contributed by atoms with Gasteiger partial charge in [0.15, 0.2) is 11.6 Å². The lowest BCUT2D eigenvalue weighted by atomic mass is 10.1. The van der Waals surface area contributed by atoms with Crippen molar-refractivity contribution in [3.8, 4) is 0 Å². The molecule has 2 atom stereocenters. The van der Waals surface area contributed by atoms with E-state index in [1.807, 2.05) is 0 Å². The van der Waals surface area contributed by atoms with Gasteiger partial charge in [0.05, 0.1) is 6.54 Å². The van der Waals surface area contributed by atoms with Crippen molar-refractivity contribution in [1.82, 2.24) is 5.32 Å². The van der Waals surface area contributed by atoms with Gasteiger partial charge in [-0.2, -0.15) is 0 Å². The summed E-state index contributed by atoms with van der Waals surface area (Å²) in [5.41, 5.74) is 0.252. The second-order valence-electron chi connectivity index (χ2n) is 5.80. The predicted molar refractivity (Wildman–Crippen MR) is 79.5 cm³/mol. The molecule has 24 heavy (non-hydrogen) atoms. The number of aryl methyl sites for hydroxylation is 1. The largest absolute Gasteiger partial charge is 0.478 e. The molecule has 1 fully saturated rings. The first kappa shape index (κ1) is 16.2. The van der Waals surface area contributed by atoms with E-state index in [4.69, 9.17) is 9.52 Å². The van der Waals surface area contributed by atoms with E-state index in [-0.39, 0.29) is 35.3 Å². The number of rotatable bonds is 5. The van der Waals surface area contributed by atoms with Crippen LogP contribution in [0.3, 0.4) is 0 Å². The first-order valence-electron chi connectivity index (χ1n) is 7.42. The summed E-state index contributed by atoms with van der Waals surface area (Å²) in [7, 11) is 0. The monoisotopic (exact) mass is 335 g/mol. The second kappa shape index (κ2) is 6.07. The van der Waals surface area contributed by atoms with E-state index in [9.17, 15) is 18.4 Å². The molecule has 1 heterocycles. The van der Waals surface area contributed by atoms with Crippen LogP contribution in [0.5, 0.6) is 0 Å². The standard InChI is InChI=1S/C17H15F2NO4/c1-8-11(17(22)23)5-9(24-8)7-20-16(21)13-6-12(13)10-3-2-4-14(18)15(10)19/h2-5,12-13H,6-7H2,1H3,(H,20,21)(H,22,23).